The van der Waals surface area contributed by atoms with E-state index in [0.29, 0.717) is 18.2 Å². The number of ether oxygens (including phenoxy) is 1. The molecule has 138 valence electrons. The number of likely N-dealkylation sites (N-methyl/N-ethyl adjacent to an activating group) is 1. The second kappa shape index (κ2) is 8.14. The Balaban J connectivity index is 1.71. The van der Waals surface area contributed by atoms with Gasteiger partial charge in [0.25, 0.3) is 5.91 Å². The van der Waals surface area contributed by atoms with Gasteiger partial charge in [-0.3, -0.25) is 4.79 Å². The van der Waals surface area contributed by atoms with Crippen molar-refractivity contribution in [3.05, 3.63) is 47.3 Å². The monoisotopic (exact) mass is 355 g/mol. The van der Waals surface area contributed by atoms with Crippen LogP contribution in [-0.4, -0.2) is 61.1 Å². The Kier molecular flexibility index (Phi) is 5.68. The van der Waals surface area contributed by atoms with Gasteiger partial charge >= 0.3 is 0 Å². The van der Waals surface area contributed by atoms with Crippen LogP contribution in [0.1, 0.15) is 21.7 Å². The largest absolute Gasteiger partial charge is 0.496 e. The number of nitrogens with zero attached hydrogens (tertiary/aromatic N) is 4. The number of carbonyl (C=O) groups excluding carboxylic acids is 1. The third-order valence-corrected chi connectivity index (χ3v) is 4.49. The number of amides is 1. The molecule has 3 rings (SSSR count). The van der Waals surface area contributed by atoms with Gasteiger partial charge in [-0.15, -0.1) is 0 Å². The van der Waals surface area contributed by atoms with Crippen molar-refractivity contribution in [1.82, 2.24) is 20.2 Å². The minimum absolute atomic E-state index is 0.211. The van der Waals surface area contributed by atoms with Crippen LogP contribution in [0.4, 0.5) is 5.95 Å². The fourth-order valence-electron chi connectivity index (χ4n) is 2.93. The molecule has 0 aliphatic carbocycles. The number of piperazine rings is 1. The molecule has 1 N–H and O–H groups in total. The van der Waals surface area contributed by atoms with Crippen molar-refractivity contribution in [3.8, 4) is 5.75 Å². The van der Waals surface area contributed by atoms with Gasteiger partial charge in [0.15, 0.2) is 0 Å². The zero-order valence-electron chi connectivity index (χ0n) is 15.5. The Labute approximate surface area is 154 Å². The van der Waals surface area contributed by atoms with Crippen molar-refractivity contribution in [1.29, 1.82) is 0 Å². The van der Waals surface area contributed by atoms with Crippen molar-refractivity contribution in [2.24, 2.45) is 0 Å². The summed E-state index contributed by atoms with van der Waals surface area (Å²) in [6.45, 7) is 5.93. The average Bonchev–Trinajstić information content (AvgIpc) is 2.66. The molecule has 1 amide bonds. The second-order valence-electron chi connectivity index (χ2n) is 6.48. The predicted molar refractivity (Wildman–Crippen MR) is 101 cm³/mol. The number of aromatic nitrogens is 2. The first-order chi connectivity index (χ1) is 12.6. The van der Waals surface area contributed by atoms with E-state index in [4.69, 9.17) is 4.74 Å². The van der Waals surface area contributed by atoms with Crippen LogP contribution in [0.3, 0.4) is 0 Å². The maximum atomic E-state index is 12.6. The molecule has 7 nitrogen and oxygen atoms in total. The van der Waals surface area contributed by atoms with Crippen LogP contribution in [0.5, 0.6) is 5.75 Å². The second-order valence-corrected chi connectivity index (χ2v) is 6.48. The molecule has 0 radical (unpaired) electrons. The molecular formula is C19H25N5O2. The van der Waals surface area contributed by atoms with Crippen LogP contribution in [0, 0.1) is 6.92 Å². The Bertz CT molecular complexity index is 772. The SMILES string of the molecule is COc1ccccc1CNC(=O)c1cc(C)nc(N2CCN(C)CC2)n1. The van der Waals surface area contributed by atoms with Gasteiger partial charge in [0, 0.05) is 44.0 Å². The average molecular weight is 355 g/mol. The van der Waals surface area contributed by atoms with Gasteiger partial charge in [-0.25, -0.2) is 9.97 Å². The van der Waals surface area contributed by atoms with E-state index in [1.54, 1.807) is 13.2 Å². The number of carbonyl (C=O) groups is 1. The fraction of sp³-hybridized carbons (Fsp3) is 0.421. The molecule has 1 aromatic heterocycles. The number of rotatable bonds is 5. The number of nitrogens with one attached hydrogen (secondary N) is 1. The molecule has 1 fully saturated rings. The van der Waals surface area contributed by atoms with E-state index >= 15 is 0 Å². The third-order valence-electron chi connectivity index (χ3n) is 4.49. The summed E-state index contributed by atoms with van der Waals surface area (Å²) in [4.78, 5) is 26.0. The molecule has 2 aromatic rings. The van der Waals surface area contributed by atoms with Gasteiger partial charge in [0.2, 0.25) is 5.95 Å². The topological polar surface area (TPSA) is 70.6 Å². The minimum atomic E-state index is -0.211. The van der Waals surface area contributed by atoms with Crippen molar-refractivity contribution in [2.45, 2.75) is 13.5 Å². The highest BCUT2D eigenvalue weighted by atomic mass is 16.5. The highest BCUT2D eigenvalue weighted by Crippen LogP contribution is 2.17. The van der Waals surface area contributed by atoms with E-state index in [2.05, 4.69) is 32.1 Å². The Morgan fingerprint density at radius 3 is 2.65 bits per heavy atom. The molecule has 1 saturated heterocycles. The highest BCUT2D eigenvalue weighted by Gasteiger charge is 2.19. The summed E-state index contributed by atoms with van der Waals surface area (Å²) in [6, 6.07) is 9.35. The van der Waals surface area contributed by atoms with E-state index in [9.17, 15) is 4.79 Å². The lowest BCUT2D eigenvalue weighted by Crippen LogP contribution is -2.45. The molecule has 26 heavy (non-hydrogen) atoms. The van der Waals surface area contributed by atoms with E-state index in [1.807, 2.05) is 31.2 Å². The highest BCUT2D eigenvalue weighted by molar-refractivity contribution is 5.92. The zero-order valence-corrected chi connectivity index (χ0v) is 15.5. The predicted octanol–water partition coefficient (Wildman–Crippen LogP) is 1.48. The van der Waals surface area contributed by atoms with Crippen LogP contribution in [-0.2, 0) is 6.54 Å². The van der Waals surface area contributed by atoms with Crippen molar-refractivity contribution in [2.75, 3.05) is 45.2 Å². The van der Waals surface area contributed by atoms with Gasteiger partial charge in [-0.1, -0.05) is 18.2 Å². The number of methoxy groups -OCH3 is 1. The maximum Gasteiger partial charge on any atom is 0.270 e. The molecule has 0 bridgehead atoms. The smallest absolute Gasteiger partial charge is 0.270 e. The molecule has 1 aliphatic rings. The summed E-state index contributed by atoms with van der Waals surface area (Å²) in [5, 5.41) is 2.92. The number of para-hydroxylation sites is 1. The van der Waals surface area contributed by atoms with Gasteiger partial charge < -0.3 is 19.9 Å². The van der Waals surface area contributed by atoms with E-state index in [1.165, 1.54) is 0 Å². The standard InChI is InChI=1S/C19H25N5O2/c1-14-12-16(22-19(21-14)24-10-8-23(2)9-11-24)18(25)20-13-15-6-4-5-7-17(15)26-3/h4-7,12H,8-11,13H2,1-3H3,(H,20,25). The third kappa shape index (κ3) is 4.29. The lowest BCUT2D eigenvalue weighted by molar-refractivity contribution is 0.0945. The first-order valence-corrected chi connectivity index (χ1v) is 8.76. The number of anilines is 1. The number of benzene rings is 1. The van der Waals surface area contributed by atoms with Gasteiger partial charge in [0.05, 0.1) is 7.11 Å². The van der Waals surface area contributed by atoms with Crippen LogP contribution in [0.2, 0.25) is 0 Å². The first-order valence-electron chi connectivity index (χ1n) is 8.76. The van der Waals surface area contributed by atoms with E-state index in [0.717, 1.165) is 43.2 Å². The van der Waals surface area contributed by atoms with Crippen LogP contribution in [0.25, 0.3) is 0 Å². The van der Waals surface area contributed by atoms with E-state index < -0.39 is 0 Å². The Hall–Kier alpha value is -2.67. The van der Waals surface area contributed by atoms with Gasteiger partial charge in [-0.05, 0) is 26.1 Å². The lowest BCUT2D eigenvalue weighted by Gasteiger charge is -2.32. The minimum Gasteiger partial charge on any atom is -0.496 e. The molecule has 0 unspecified atom stereocenters. The molecule has 0 saturated carbocycles. The Morgan fingerprint density at radius 2 is 1.92 bits per heavy atom. The number of hydrogen-bond acceptors (Lipinski definition) is 6. The summed E-state index contributed by atoms with van der Waals surface area (Å²) < 4.78 is 5.32. The van der Waals surface area contributed by atoms with Crippen molar-refractivity contribution < 1.29 is 9.53 Å². The molecule has 0 atom stereocenters. The normalized spacial score (nSPS) is 15.0. The zero-order chi connectivity index (χ0) is 18.5. The van der Waals surface area contributed by atoms with Crippen LogP contribution in [0.15, 0.2) is 30.3 Å². The lowest BCUT2D eigenvalue weighted by atomic mass is 10.2. The van der Waals surface area contributed by atoms with E-state index in [-0.39, 0.29) is 5.91 Å². The molecule has 1 aliphatic heterocycles. The molecule has 2 heterocycles. The molecular weight excluding hydrogens is 330 g/mol. The summed E-state index contributed by atoms with van der Waals surface area (Å²) in [7, 11) is 3.72. The summed E-state index contributed by atoms with van der Waals surface area (Å²) in [5.74, 6) is 1.17. The summed E-state index contributed by atoms with van der Waals surface area (Å²) in [6.07, 6.45) is 0. The number of hydrogen-bond donors (Lipinski definition) is 1. The first kappa shape index (κ1) is 18.1. The molecule has 0 spiro atoms. The van der Waals surface area contributed by atoms with Gasteiger partial charge in [0.1, 0.15) is 11.4 Å². The van der Waals surface area contributed by atoms with Crippen molar-refractivity contribution >= 4 is 11.9 Å². The number of aryl methyl sites for hydroxylation is 1. The van der Waals surface area contributed by atoms with Gasteiger partial charge in [-0.2, -0.15) is 0 Å². The quantitative estimate of drug-likeness (QED) is 0.876. The van der Waals surface area contributed by atoms with Crippen LogP contribution >= 0.6 is 0 Å². The maximum absolute atomic E-state index is 12.6. The van der Waals surface area contributed by atoms with Crippen LogP contribution < -0.4 is 15.0 Å². The summed E-state index contributed by atoms with van der Waals surface area (Å²) in [5.41, 5.74) is 2.10. The fourth-order valence-corrected chi connectivity index (χ4v) is 2.93. The Morgan fingerprint density at radius 1 is 1.19 bits per heavy atom. The molecule has 7 heteroatoms. The van der Waals surface area contributed by atoms with Crippen molar-refractivity contribution in [3.63, 3.8) is 0 Å². The summed E-state index contributed by atoms with van der Waals surface area (Å²) >= 11 is 0. The molecule has 1 aromatic carbocycles.